The number of hydrogen-bond donors (Lipinski definition) is 2. The number of rotatable bonds is 8. The molecule has 0 aliphatic heterocycles. The van der Waals surface area contributed by atoms with E-state index >= 15 is 0 Å². The topological polar surface area (TPSA) is 106 Å². The summed E-state index contributed by atoms with van der Waals surface area (Å²) >= 11 is 0. The molecule has 0 fully saturated rings. The number of nitrogens with zero attached hydrogens (tertiary/aromatic N) is 2. The summed E-state index contributed by atoms with van der Waals surface area (Å²) in [5, 5.41) is 17.6. The standard InChI is InChI=1S/C18H20N4O4/c1-3-26-17-10-6-15(7-11-17)19-12-18(23)21-20-13(2)14-4-8-16(9-5-14)22(24)25/h4-11,19H,3,12H2,1-2H3,(H,21,23)/b20-13+. The third-order valence-electron chi connectivity index (χ3n) is 3.46. The van der Waals surface area contributed by atoms with Crippen molar-refractivity contribution in [3.63, 3.8) is 0 Å². The Hall–Kier alpha value is -3.42. The van der Waals surface area contributed by atoms with E-state index in [4.69, 9.17) is 4.74 Å². The molecule has 2 aromatic rings. The van der Waals surface area contributed by atoms with Gasteiger partial charge in [0.05, 0.1) is 23.8 Å². The van der Waals surface area contributed by atoms with E-state index in [1.54, 1.807) is 19.1 Å². The highest BCUT2D eigenvalue weighted by Gasteiger charge is 2.06. The van der Waals surface area contributed by atoms with Crippen LogP contribution < -0.4 is 15.5 Å². The molecule has 0 atom stereocenters. The Bertz CT molecular complexity index is 786. The Balaban J connectivity index is 1.84. The van der Waals surface area contributed by atoms with Crippen molar-refractivity contribution in [3.05, 3.63) is 64.2 Å². The largest absolute Gasteiger partial charge is 0.494 e. The smallest absolute Gasteiger partial charge is 0.269 e. The van der Waals surface area contributed by atoms with Gasteiger partial charge in [0, 0.05) is 17.8 Å². The minimum atomic E-state index is -0.468. The fourth-order valence-corrected chi connectivity index (χ4v) is 2.09. The van der Waals surface area contributed by atoms with Crippen molar-refractivity contribution in [2.45, 2.75) is 13.8 Å². The van der Waals surface area contributed by atoms with Gasteiger partial charge in [-0.2, -0.15) is 5.10 Å². The second-order valence-corrected chi connectivity index (χ2v) is 5.35. The summed E-state index contributed by atoms with van der Waals surface area (Å²) < 4.78 is 5.35. The van der Waals surface area contributed by atoms with Crippen molar-refractivity contribution >= 4 is 23.0 Å². The number of nitro groups is 1. The van der Waals surface area contributed by atoms with Gasteiger partial charge in [0.25, 0.3) is 11.6 Å². The lowest BCUT2D eigenvalue weighted by Gasteiger charge is -2.07. The van der Waals surface area contributed by atoms with E-state index in [-0.39, 0.29) is 18.1 Å². The first kappa shape index (κ1) is 18.9. The second kappa shape index (κ2) is 9.16. The van der Waals surface area contributed by atoms with Crippen molar-refractivity contribution in [3.8, 4) is 5.75 Å². The highest BCUT2D eigenvalue weighted by molar-refractivity contribution is 5.99. The Labute approximate surface area is 151 Å². The second-order valence-electron chi connectivity index (χ2n) is 5.35. The maximum atomic E-state index is 11.9. The molecule has 2 aromatic carbocycles. The molecule has 8 heteroatoms. The number of hydrazone groups is 1. The van der Waals surface area contributed by atoms with Crippen molar-refractivity contribution < 1.29 is 14.5 Å². The van der Waals surface area contributed by atoms with Gasteiger partial charge in [-0.1, -0.05) is 0 Å². The number of anilines is 1. The van der Waals surface area contributed by atoms with E-state index in [0.29, 0.717) is 17.9 Å². The van der Waals surface area contributed by atoms with Crippen LogP contribution in [0.5, 0.6) is 5.75 Å². The minimum Gasteiger partial charge on any atom is -0.494 e. The summed E-state index contributed by atoms with van der Waals surface area (Å²) in [5.74, 6) is 0.464. The highest BCUT2D eigenvalue weighted by Crippen LogP contribution is 2.15. The van der Waals surface area contributed by atoms with Crippen LogP contribution in [-0.4, -0.2) is 29.7 Å². The zero-order chi connectivity index (χ0) is 18.9. The Kier molecular flexibility index (Phi) is 6.67. The number of amides is 1. The summed E-state index contributed by atoms with van der Waals surface area (Å²) in [6.07, 6.45) is 0. The summed E-state index contributed by atoms with van der Waals surface area (Å²) in [4.78, 5) is 22.0. The number of carbonyl (C=O) groups excluding carboxylic acids is 1. The molecule has 0 aliphatic carbocycles. The predicted octanol–water partition coefficient (Wildman–Crippen LogP) is 2.95. The summed E-state index contributed by atoms with van der Waals surface area (Å²) in [5.41, 5.74) is 4.48. The molecule has 0 aromatic heterocycles. The molecular formula is C18H20N4O4. The van der Waals surface area contributed by atoms with Crippen LogP contribution in [0.2, 0.25) is 0 Å². The van der Waals surface area contributed by atoms with E-state index in [9.17, 15) is 14.9 Å². The first-order chi connectivity index (χ1) is 12.5. The van der Waals surface area contributed by atoms with Gasteiger partial charge in [-0.15, -0.1) is 0 Å². The minimum absolute atomic E-state index is 0.00476. The Morgan fingerprint density at radius 3 is 2.38 bits per heavy atom. The molecule has 0 aliphatic rings. The van der Waals surface area contributed by atoms with Gasteiger partial charge >= 0.3 is 0 Å². The van der Waals surface area contributed by atoms with Crippen LogP contribution in [0.1, 0.15) is 19.4 Å². The molecule has 2 rings (SSSR count). The van der Waals surface area contributed by atoms with Crippen molar-refractivity contribution in [1.82, 2.24) is 5.43 Å². The summed E-state index contributed by atoms with van der Waals surface area (Å²) in [7, 11) is 0. The van der Waals surface area contributed by atoms with Crippen LogP contribution in [0, 0.1) is 10.1 Å². The average molecular weight is 356 g/mol. The first-order valence-corrected chi connectivity index (χ1v) is 8.04. The third-order valence-corrected chi connectivity index (χ3v) is 3.46. The van der Waals surface area contributed by atoms with E-state index in [1.807, 2.05) is 31.2 Å². The molecule has 0 bridgehead atoms. The van der Waals surface area contributed by atoms with E-state index in [0.717, 1.165) is 11.4 Å². The van der Waals surface area contributed by atoms with Gasteiger partial charge in [-0.3, -0.25) is 14.9 Å². The van der Waals surface area contributed by atoms with Crippen molar-refractivity contribution in [2.24, 2.45) is 5.10 Å². The lowest BCUT2D eigenvalue weighted by atomic mass is 10.1. The van der Waals surface area contributed by atoms with Gasteiger partial charge in [0.2, 0.25) is 0 Å². The number of carbonyl (C=O) groups is 1. The summed E-state index contributed by atoms with van der Waals surface area (Å²) in [6.45, 7) is 4.28. The number of hydrogen-bond acceptors (Lipinski definition) is 6. The van der Waals surface area contributed by atoms with E-state index < -0.39 is 4.92 Å². The van der Waals surface area contributed by atoms with Gasteiger partial charge < -0.3 is 10.1 Å². The summed E-state index contributed by atoms with van der Waals surface area (Å²) in [6, 6.07) is 13.2. The molecule has 0 radical (unpaired) electrons. The molecule has 8 nitrogen and oxygen atoms in total. The fraction of sp³-hybridized carbons (Fsp3) is 0.222. The molecule has 136 valence electrons. The maximum absolute atomic E-state index is 11.9. The molecule has 26 heavy (non-hydrogen) atoms. The quantitative estimate of drug-likeness (QED) is 0.430. The lowest BCUT2D eigenvalue weighted by molar-refractivity contribution is -0.384. The van der Waals surface area contributed by atoms with Crippen LogP contribution in [-0.2, 0) is 4.79 Å². The predicted molar refractivity (Wildman–Crippen MR) is 99.6 cm³/mol. The van der Waals surface area contributed by atoms with Gasteiger partial charge in [-0.25, -0.2) is 5.43 Å². The first-order valence-electron chi connectivity index (χ1n) is 8.04. The van der Waals surface area contributed by atoms with Gasteiger partial charge in [0.1, 0.15) is 5.75 Å². The molecule has 0 saturated heterocycles. The fourth-order valence-electron chi connectivity index (χ4n) is 2.09. The normalized spacial score (nSPS) is 10.9. The number of nitro benzene ring substituents is 1. The highest BCUT2D eigenvalue weighted by atomic mass is 16.6. The monoisotopic (exact) mass is 356 g/mol. The van der Waals surface area contributed by atoms with Crippen molar-refractivity contribution in [2.75, 3.05) is 18.5 Å². The molecule has 0 saturated carbocycles. The Morgan fingerprint density at radius 1 is 1.15 bits per heavy atom. The number of benzene rings is 2. The number of nitrogens with one attached hydrogen (secondary N) is 2. The van der Waals surface area contributed by atoms with E-state index in [1.165, 1.54) is 12.1 Å². The zero-order valence-electron chi connectivity index (χ0n) is 14.6. The van der Waals surface area contributed by atoms with Crippen molar-refractivity contribution in [1.29, 1.82) is 0 Å². The number of ether oxygens (including phenoxy) is 1. The van der Waals surface area contributed by atoms with Gasteiger partial charge in [0.15, 0.2) is 0 Å². The van der Waals surface area contributed by atoms with Crippen LogP contribution in [0.25, 0.3) is 0 Å². The van der Waals surface area contributed by atoms with Crippen LogP contribution in [0.3, 0.4) is 0 Å². The molecule has 0 unspecified atom stereocenters. The van der Waals surface area contributed by atoms with Crippen LogP contribution in [0.15, 0.2) is 53.6 Å². The van der Waals surface area contributed by atoms with Crippen LogP contribution >= 0.6 is 0 Å². The molecule has 2 N–H and O–H groups in total. The molecule has 0 heterocycles. The number of non-ortho nitro benzene ring substituents is 1. The maximum Gasteiger partial charge on any atom is 0.269 e. The molecule has 1 amide bonds. The third kappa shape index (κ3) is 5.59. The van der Waals surface area contributed by atoms with E-state index in [2.05, 4.69) is 15.8 Å². The zero-order valence-corrected chi connectivity index (χ0v) is 14.6. The average Bonchev–Trinajstić information content (AvgIpc) is 2.66. The SMILES string of the molecule is CCOc1ccc(NCC(=O)N/N=C(\C)c2ccc([N+](=O)[O-])cc2)cc1. The molecular weight excluding hydrogens is 336 g/mol. The molecule has 0 spiro atoms. The lowest BCUT2D eigenvalue weighted by Crippen LogP contribution is -2.26. The van der Waals surface area contributed by atoms with Crippen LogP contribution in [0.4, 0.5) is 11.4 Å². The Morgan fingerprint density at radius 2 is 1.81 bits per heavy atom. The van der Waals surface area contributed by atoms with Gasteiger partial charge in [-0.05, 0) is 55.8 Å².